The summed E-state index contributed by atoms with van der Waals surface area (Å²) in [4.78, 5) is 0. The maximum absolute atomic E-state index is 3.32. The van der Waals surface area contributed by atoms with E-state index in [0.29, 0.717) is 0 Å². The Bertz CT molecular complexity index is 125. The summed E-state index contributed by atoms with van der Waals surface area (Å²) in [6.45, 7) is 1.27. The zero-order valence-corrected chi connectivity index (χ0v) is 7.47. The van der Waals surface area contributed by atoms with E-state index in [-0.39, 0.29) is 0 Å². The van der Waals surface area contributed by atoms with Crippen LogP contribution in [-0.2, 0) is 0 Å². The molecule has 1 N–H and O–H groups in total. The molecule has 1 unspecified atom stereocenters. The van der Waals surface area contributed by atoms with Crippen molar-refractivity contribution >= 4 is 0 Å². The van der Waals surface area contributed by atoms with Gasteiger partial charge in [-0.05, 0) is 50.6 Å². The van der Waals surface area contributed by atoms with Crippen LogP contribution in [0.15, 0.2) is 0 Å². The fraction of sp³-hybridized carbons (Fsp3) is 1.00. The predicted molar refractivity (Wildman–Crippen MR) is 47.5 cm³/mol. The van der Waals surface area contributed by atoms with Crippen LogP contribution >= 0.6 is 0 Å². The van der Waals surface area contributed by atoms with Gasteiger partial charge in [-0.1, -0.05) is 12.8 Å². The highest BCUT2D eigenvalue weighted by Crippen LogP contribution is 2.44. The van der Waals surface area contributed by atoms with Crippen LogP contribution in [0.25, 0.3) is 0 Å². The maximum atomic E-state index is 3.32. The van der Waals surface area contributed by atoms with Gasteiger partial charge in [-0.25, -0.2) is 0 Å². The van der Waals surface area contributed by atoms with Gasteiger partial charge in [-0.3, -0.25) is 0 Å². The average Bonchev–Trinajstić information content (AvgIpc) is 2.07. The summed E-state index contributed by atoms with van der Waals surface area (Å²) in [5, 5.41) is 3.32. The number of fused-ring (bicyclic) bond motifs is 3. The second-order valence-electron chi connectivity index (χ2n) is 4.33. The Labute approximate surface area is 69.6 Å². The molecule has 2 bridgehead atoms. The van der Waals surface area contributed by atoms with Gasteiger partial charge in [0, 0.05) is 0 Å². The summed E-state index contributed by atoms with van der Waals surface area (Å²) in [7, 11) is 2.09. The summed E-state index contributed by atoms with van der Waals surface area (Å²) in [6.07, 6.45) is 7.63. The molecule has 0 amide bonds. The van der Waals surface area contributed by atoms with Crippen molar-refractivity contribution in [1.82, 2.24) is 5.32 Å². The third-order valence-electron chi connectivity index (χ3n) is 3.66. The molecule has 0 aromatic heterocycles. The van der Waals surface area contributed by atoms with E-state index in [2.05, 4.69) is 12.4 Å². The Morgan fingerprint density at radius 3 is 2.36 bits per heavy atom. The number of nitrogens with one attached hydrogen (secondary N) is 1. The highest BCUT2D eigenvalue weighted by atomic mass is 14.8. The van der Waals surface area contributed by atoms with Gasteiger partial charge in [0.15, 0.2) is 0 Å². The fourth-order valence-electron chi connectivity index (χ4n) is 3.03. The molecule has 0 aromatic carbocycles. The van der Waals surface area contributed by atoms with Gasteiger partial charge in [0.2, 0.25) is 0 Å². The van der Waals surface area contributed by atoms with Gasteiger partial charge in [0.05, 0.1) is 0 Å². The maximum Gasteiger partial charge on any atom is -0.00208 e. The van der Waals surface area contributed by atoms with E-state index in [9.17, 15) is 0 Å². The van der Waals surface area contributed by atoms with Gasteiger partial charge in [-0.2, -0.15) is 0 Å². The molecule has 3 aliphatic carbocycles. The van der Waals surface area contributed by atoms with E-state index in [1.807, 2.05) is 0 Å². The minimum Gasteiger partial charge on any atom is -0.319 e. The first-order valence-corrected chi connectivity index (χ1v) is 5.04. The van der Waals surface area contributed by atoms with Crippen molar-refractivity contribution in [2.75, 3.05) is 13.6 Å². The lowest BCUT2D eigenvalue weighted by atomic mass is 9.65. The van der Waals surface area contributed by atoms with Crippen LogP contribution in [0.5, 0.6) is 0 Å². The molecule has 11 heavy (non-hydrogen) atoms. The first-order valence-electron chi connectivity index (χ1n) is 5.04. The zero-order chi connectivity index (χ0) is 7.68. The molecule has 1 atom stereocenters. The first kappa shape index (κ1) is 7.60. The van der Waals surface area contributed by atoms with Crippen LogP contribution in [0.4, 0.5) is 0 Å². The molecule has 1 nitrogen and oxygen atoms in total. The van der Waals surface area contributed by atoms with Crippen LogP contribution in [-0.4, -0.2) is 13.6 Å². The molecule has 0 heterocycles. The SMILES string of the molecule is CNCC1CC2CCC1CC2. The third-order valence-corrected chi connectivity index (χ3v) is 3.66. The van der Waals surface area contributed by atoms with Crippen LogP contribution in [0.3, 0.4) is 0 Å². The lowest BCUT2D eigenvalue weighted by Gasteiger charge is -2.42. The van der Waals surface area contributed by atoms with Crippen molar-refractivity contribution < 1.29 is 0 Å². The van der Waals surface area contributed by atoms with E-state index < -0.39 is 0 Å². The summed E-state index contributed by atoms with van der Waals surface area (Å²) >= 11 is 0. The molecule has 0 saturated heterocycles. The summed E-state index contributed by atoms with van der Waals surface area (Å²) in [6, 6.07) is 0. The molecule has 0 spiro atoms. The van der Waals surface area contributed by atoms with Crippen LogP contribution in [0.2, 0.25) is 0 Å². The molecule has 0 aromatic rings. The molecule has 0 radical (unpaired) electrons. The van der Waals surface area contributed by atoms with Crippen LogP contribution in [0, 0.1) is 17.8 Å². The van der Waals surface area contributed by atoms with E-state index in [0.717, 1.165) is 17.8 Å². The van der Waals surface area contributed by atoms with Gasteiger partial charge in [-0.15, -0.1) is 0 Å². The number of rotatable bonds is 2. The van der Waals surface area contributed by atoms with Crippen molar-refractivity contribution in [1.29, 1.82) is 0 Å². The molecule has 3 aliphatic rings. The van der Waals surface area contributed by atoms with Crippen molar-refractivity contribution in [2.24, 2.45) is 17.8 Å². The first-order chi connectivity index (χ1) is 5.40. The largest absolute Gasteiger partial charge is 0.319 e. The second-order valence-corrected chi connectivity index (χ2v) is 4.33. The van der Waals surface area contributed by atoms with Gasteiger partial charge >= 0.3 is 0 Å². The normalized spacial score (nSPS) is 42.8. The standard InChI is InChI=1S/C10H19N/c1-11-7-10-6-8-2-4-9(10)5-3-8/h8-11H,2-7H2,1H3. The molecule has 64 valence electrons. The monoisotopic (exact) mass is 153 g/mol. The Kier molecular flexibility index (Phi) is 2.17. The Morgan fingerprint density at radius 2 is 1.91 bits per heavy atom. The lowest BCUT2D eigenvalue weighted by Crippen LogP contribution is -2.36. The smallest absolute Gasteiger partial charge is 0.00208 e. The van der Waals surface area contributed by atoms with Gasteiger partial charge in [0.25, 0.3) is 0 Å². The molecule has 1 heteroatoms. The average molecular weight is 153 g/mol. The Balaban J connectivity index is 1.92. The second kappa shape index (κ2) is 3.14. The minimum absolute atomic E-state index is 1.02. The predicted octanol–water partition coefficient (Wildman–Crippen LogP) is 2.03. The molecular weight excluding hydrogens is 134 g/mol. The Morgan fingerprint density at radius 1 is 1.18 bits per heavy atom. The highest BCUT2D eigenvalue weighted by molar-refractivity contribution is 4.86. The summed E-state index contributed by atoms with van der Waals surface area (Å²) < 4.78 is 0. The van der Waals surface area contributed by atoms with Crippen molar-refractivity contribution in [3.63, 3.8) is 0 Å². The van der Waals surface area contributed by atoms with E-state index in [1.165, 1.54) is 38.6 Å². The van der Waals surface area contributed by atoms with Crippen molar-refractivity contribution in [3.8, 4) is 0 Å². The van der Waals surface area contributed by atoms with E-state index in [4.69, 9.17) is 0 Å². The van der Waals surface area contributed by atoms with Gasteiger partial charge < -0.3 is 5.32 Å². The van der Waals surface area contributed by atoms with E-state index in [1.54, 1.807) is 0 Å². The zero-order valence-electron chi connectivity index (χ0n) is 7.47. The molecular formula is C10H19N. The number of hydrogen-bond acceptors (Lipinski definition) is 1. The van der Waals surface area contributed by atoms with Crippen LogP contribution in [0.1, 0.15) is 32.1 Å². The molecule has 3 rings (SSSR count). The lowest BCUT2D eigenvalue weighted by molar-refractivity contribution is 0.0996. The van der Waals surface area contributed by atoms with Gasteiger partial charge in [0.1, 0.15) is 0 Å². The minimum atomic E-state index is 1.02. The van der Waals surface area contributed by atoms with Crippen molar-refractivity contribution in [2.45, 2.75) is 32.1 Å². The fourth-order valence-corrected chi connectivity index (χ4v) is 3.03. The highest BCUT2D eigenvalue weighted by Gasteiger charge is 2.34. The molecule has 3 saturated carbocycles. The van der Waals surface area contributed by atoms with E-state index >= 15 is 0 Å². The van der Waals surface area contributed by atoms with Crippen LogP contribution < -0.4 is 5.32 Å². The quantitative estimate of drug-likeness (QED) is 0.640. The molecule has 3 fully saturated rings. The molecule has 0 aliphatic heterocycles. The summed E-state index contributed by atoms with van der Waals surface area (Å²) in [5.41, 5.74) is 0. The summed E-state index contributed by atoms with van der Waals surface area (Å²) in [5.74, 6) is 3.19. The number of hydrogen-bond donors (Lipinski definition) is 1. The van der Waals surface area contributed by atoms with Crippen molar-refractivity contribution in [3.05, 3.63) is 0 Å². The Hall–Kier alpha value is -0.0400. The topological polar surface area (TPSA) is 12.0 Å². The third kappa shape index (κ3) is 1.44.